The standard InChI is InChI=1S/C18H13BrCl2N2O/c1-10-4-12-5-11(8-20)9-22-17(12)7-16(10)23-18(24)14-3-2-13(19)6-15(14)21/h2-7,9H,8H2,1H3,(H,23,24). The van der Waals surface area contributed by atoms with Gasteiger partial charge < -0.3 is 5.32 Å². The Hall–Kier alpha value is -1.62. The molecule has 24 heavy (non-hydrogen) atoms. The lowest BCUT2D eigenvalue weighted by Gasteiger charge is -2.11. The predicted molar refractivity (Wildman–Crippen MR) is 103 cm³/mol. The molecule has 0 aliphatic rings. The molecule has 2 aromatic carbocycles. The summed E-state index contributed by atoms with van der Waals surface area (Å²) < 4.78 is 0.824. The zero-order valence-corrected chi connectivity index (χ0v) is 15.8. The van der Waals surface area contributed by atoms with Crippen molar-refractivity contribution in [2.75, 3.05) is 5.32 Å². The summed E-state index contributed by atoms with van der Waals surface area (Å²) in [6.45, 7) is 1.94. The molecule has 0 atom stereocenters. The molecule has 1 N–H and O–H groups in total. The van der Waals surface area contributed by atoms with Gasteiger partial charge in [0, 0.05) is 27.6 Å². The highest BCUT2D eigenvalue weighted by atomic mass is 79.9. The van der Waals surface area contributed by atoms with Crippen LogP contribution in [0.15, 0.2) is 47.1 Å². The second-order valence-corrected chi connectivity index (χ2v) is 7.01. The number of aromatic nitrogens is 1. The van der Waals surface area contributed by atoms with Gasteiger partial charge >= 0.3 is 0 Å². The third-order valence-corrected chi connectivity index (χ3v) is 4.78. The summed E-state index contributed by atoms with van der Waals surface area (Å²) in [7, 11) is 0. The van der Waals surface area contributed by atoms with Crippen LogP contribution in [0.1, 0.15) is 21.5 Å². The van der Waals surface area contributed by atoms with Crippen molar-refractivity contribution in [3.63, 3.8) is 0 Å². The van der Waals surface area contributed by atoms with E-state index in [9.17, 15) is 4.79 Å². The van der Waals surface area contributed by atoms with Crippen LogP contribution < -0.4 is 5.32 Å². The van der Waals surface area contributed by atoms with Gasteiger partial charge in [-0.05, 0) is 54.4 Å². The minimum Gasteiger partial charge on any atom is -0.322 e. The number of benzene rings is 2. The first-order chi connectivity index (χ1) is 11.5. The van der Waals surface area contributed by atoms with Gasteiger partial charge in [0.2, 0.25) is 0 Å². The summed E-state index contributed by atoms with van der Waals surface area (Å²) in [6, 6.07) is 11.0. The van der Waals surface area contributed by atoms with Crippen LogP contribution in [-0.4, -0.2) is 10.9 Å². The van der Waals surface area contributed by atoms with Gasteiger partial charge in [0.1, 0.15) is 0 Å². The maximum atomic E-state index is 12.5. The van der Waals surface area contributed by atoms with Crippen LogP contribution in [0.4, 0.5) is 5.69 Å². The number of hydrogen-bond acceptors (Lipinski definition) is 2. The van der Waals surface area contributed by atoms with Crippen molar-refractivity contribution < 1.29 is 4.79 Å². The molecule has 3 aromatic rings. The van der Waals surface area contributed by atoms with Gasteiger partial charge in [-0.15, -0.1) is 11.6 Å². The number of nitrogens with zero attached hydrogens (tertiary/aromatic N) is 1. The topological polar surface area (TPSA) is 42.0 Å². The average Bonchev–Trinajstić information content (AvgIpc) is 2.55. The second-order valence-electron chi connectivity index (χ2n) is 5.42. The van der Waals surface area contributed by atoms with Gasteiger partial charge in [-0.1, -0.05) is 27.5 Å². The minimum absolute atomic E-state index is 0.257. The first-order valence-electron chi connectivity index (χ1n) is 7.19. The predicted octanol–water partition coefficient (Wildman–Crippen LogP) is 5.95. The number of aryl methyl sites for hydroxylation is 1. The Morgan fingerprint density at radius 1 is 1.25 bits per heavy atom. The van der Waals surface area contributed by atoms with Crippen LogP contribution in [0.3, 0.4) is 0 Å². The van der Waals surface area contributed by atoms with E-state index in [2.05, 4.69) is 26.2 Å². The van der Waals surface area contributed by atoms with E-state index < -0.39 is 0 Å². The van der Waals surface area contributed by atoms with Crippen LogP contribution in [-0.2, 0) is 5.88 Å². The summed E-state index contributed by atoms with van der Waals surface area (Å²) in [5, 5.41) is 4.29. The quantitative estimate of drug-likeness (QED) is 0.528. The van der Waals surface area contributed by atoms with Gasteiger partial charge in [0.15, 0.2) is 0 Å². The number of carbonyl (C=O) groups is 1. The SMILES string of the molecule is Cc1cc2cc(CCl)cnc2cc1NC(=O)c1ccc(Br)cc1Cl. The zero-order chi connectivity index (χ0) is 17.3. The monoisotopic (exact) mass is 422 g/mol. The highest BCUT2D eigenvalue weighted by molar-refractivity contribution is 9.10. The molecule has 122 valence electrons. The molecule has 0 saturated heterocycles. The number of alkyl halides is 1. The fraction of sp³-hybridized carbons (Fsp3) is 0.111. The van der Waals surface area contributed by atoms with E-state index in [0.717, 1.165) is 26.5 Å². The third kappa shape index (κ3) is 3.56. The molecule has 3 rings (SSSR count). The van der Waals surface area contributed by atoms with Gasteiger partial charge in [-0.2, -0.15) is 0 Å². The number of amides is 1. The van der Waals surface area contributed by atoms with Crippen LogP contribution in [0, 0.1) is 6.92 Å². The van der Waals surface area contributed by atoms with Crippen molar-refractivity contribution in [1.29, 1.82) is 0 Å². The molecule has 0 unspecified atom stereocenters. The van der Waals surface area contributed by atoms with Crippen molar-refractivity contribution in [3.05, 3.63) is 68.8 Å². The lowest BCUT2D eigenvalue weighted by atomic mass is 10.1. The van der Waals surface area contributed by atoms with Crippen molar-refractivity contribution in [2.24, 2.45) is 0 Å². The average molecular weight is 424 g/mol. The van der Waals surface area contributed by atoms with Gasteiger partial charge in [-0.3, -0.25) is 9.78 Å². The van der Waals surface area contributed by atoms with Gasteiger partial charge in [0.25, 0.3) is 5.91 Å². The minimum atomic E-state index is -0.257. The van der Waals surface area contributed by atoms with E-state index in [1.54, 1.807) is 24.4 Å². The van der Waals surface area contributed by atoms with Gasteiger partial charge in [0.05, 0.1) is 16.1 Å². The summed E-state index contributed by atoms with van der Waals surface area (Å²) in [4.78, 5) is 16.9. The van der Waals surface area contributed by atoms with E-state index in [4.69, 9.17) is 23.2 Å². The number of fused-ring (bicyclic) bond motifs is 1. The van der Waals surface area contributed by atoms with Gasteiger partial charge in [-0.25, -0.2) is 0 Å². The molecule has 0 aliphatic carbocycles. The molecule has 0 bridgehead atoms. The normalized spacial score (nSPS) is 10.8. The molecule has 1 aromatic heterocycles. The van der Waals surface area contributed by atoms with E-state index in [1.165, 1.54) is 0 Å². The highest BCUT2D eigenvalue weighted by Crippen LogP contribution is 2.26. The lowest BCUT2D eigenvalue weighted by molar-refractivity contribution is 0.102. The van der Waals surface area contributed by atoms with Crippen LogP contribution >= 0.6 is 39.1 Å². The molecular formula is C18H13BrCl2N2O. The maximum Gasteiger partial charge on any atom is 0.257 e. The molecule has 0 fully saturated rings. The summed E-state index contributed by atoms with van der Waals surface area (Å²) >= 11 is 15.3. The van der Waals surface area contributed by atoms with Crippen LogP contribution in [0.2, 0.25) is 5.02 Å². The number of nitrogens with one attached hydrogen (secondary N) is 1. The maximum absolute atomic E-state index is 12.5. The first-order valence-corrected chi connectivity index (χ1v) is 8.90. The fourth-order valence-electron chi connectivity index (χ4n) is 2.41. The van der Waals surface area contributed by atoms with Crippen LogP contribution in [0.25, 0.3) is 10.9 Å². The molecule has 1 amide bonds. The molecule has 6 heteroatoms. The first kappa shape index (κ1) is 17.2. The second kappa shape index (κ2) is 7.09. The van der Waals surface area contributed by atoms with E-state index >= 15 is 0 Å². The Morgan fingerprint density at radius 3 is 2.75 bits per heavy atom. The molecule has 3 nitrogen and oxygen atoms in total. The summed E-state index contributed by atoms with van der Waals surface area (Å²) in [6.07, 6.45) is 1.74. The fourth-order valence-corrected chi connectivity index (χ4v) is 3.31. The largest absolute Gasteiger partial charge is 0.322 e. The molecule has 0 saturated carbocycles. The highest BCUT2D eigenvalue weighted by Gasteiger charge is 2.13. The Balaban J connectivity index is 1.94. The zero-order valence-electron chi connectivity index (χ0n) is 12.7. The molecule has 0 spiro atoms. The third-order valence-electron chi connectivity index (χ3n) is 3.66. The Kier molecular flexibility index (Phi) is 5.09. The Bertz CT molecular complexity index is 944. The Morgan fingerprint density at radius 2 is 2.04 bits per heavy atom. The molecule has 0 aliphatic heterocycles. The van der Waals surface area contributed by atoms with E-state index in [0.29, 0.717) is 22.2 Å². The smallest absolute Gasteiger partial charge is 0.257 e. The van der Waals surface area contributed by atoms with Crippen molar-refractivity contribution >= 4 is 61.6 Å². The Labute approximate surface area is 158 Å². The number of anilines is 1. The van der Waals surface area contributed by atoms with Crippen LogP contribution in [0.5, 0.6) is 0 Å². The number of carbonyl (C=O) groups excluding carboxylic acids is 1. The van der Waals surface area contributed by atoms with E-state index in [-0.39, 0.29) is 5.91 Å². The lowest BCUT2D eigenvalue weighted by Crippen LogP contribution is -2.13. The number of pyridine rings is 1. The van der Waals surface area contributed by atoms with Crippen molar-refractivity contribution in [1.82, 2.24) is 4.98 Å². The summed E-state index contributed by atoms with van der Waals surface area (Å²) in [5.41, 5.74) is 3.83. The molecule has 0 radical (unpaired) electrons. The molecular weight excluding hydrogens is 411 g/mol. The summed E-state index contributed by atoms with van der Waals surface area (Å²) in [5.74, 6) is 0.162. The number of rotatable bonds is 3. The number of halogens is 3. The van der Waals surface area contributed by atoms with Crippen molar-refractivity contribution in [3.8, 4) is 0 Å². The molecule has 1 heterocycles. The van der Waals surface area contributed by atoms with E-state index in [1.807, 2.05) is 25.1 Å². The number of hydrogen-bond donors (Lipinski definition) is 1. The van der Waals surface area contributed by atoms with Crippen molar-refractivity contribution in [2.45, 2.75) is 12.8 Å².